The fraction of sp³-hybridized carbons (Fsp3) is 0.846. The Bertz CT molecular complexity index is 229. The minimum absolute atomic E-state index is 0.0335. The maximum absolute atomic E-state index is 10.8. The van der Waals surface area contributed by atoms with E-state index in [1.54, 1.807) is 6.92 Å². The molecule has 0 aromatic rings. The van der Waals surface area contributed by atoms with Crippen LogP contribution in [0.1, 0.15) is 65.2 Å². The molecular formula is C13H25NO3. The number of unbranched alkanes of at least 4 members (excludes halogenated alkanes) is 5. The molecule has 0 saturated heterocycles. The van der Waals surface area contributed by atoms with Gasteiger partial charge in [0.2, 0.25) is 5.91 Å². The third-order valence-corrected chi connectivity index (χ3v) is 2.73. The molecule has 0 aliphatic carbocycles. The molecule has 1 atom stereocenters. The third-order valence-electron chi connectivity index (χ3n) is 2.73. The minimum Gasteiger partial charge on any atom is -0.481 e. The Morgan fingerprint density at radius 2 is 1.59 bits per heavy atom. The molecule has 17 heavy (non-hydrogen) atoms. The molecule has 0 rings (SSSR count). The summed E-state index contributed by atoms with van der Waals surface area (Å²) in [6.45, 7) is 3.56. The Labute approximate surface area is 104 Å². The second-order valence-electron chi connectivity index (χ2n) is 4.66. The fourth-order valence-corrected chi connectivity index (χ4v) is 1.85. The van der Waals surface area contributed by atoms with Gasteiger partial charge in [0.1, 0.15) is 0 Å². The lowest BCUT2D eigenvalue weighted by Gasteiger charge is -2.11. The van der Waals surface area contributed by atoms with Crippen LogP contribution < -0.4 is 5.32 Å². The molecule has 100 valence electrons. The molecule has 1 amide bonds. The van der Waals surface area contributed by atoms with Gasteiger partial charge in [-0.25, -0.2) is 0 Å². The van der Waals surface area contributed by atoms with Crippen molar-refractivity contribution >= 4 is 11.9 Å². The first-order chi connectivity index (χ1) is 8.02. The van der Waals surface area contributed by atoms with E-state index in [1.807, 2.05) is 6.92 Å². The lowest BCUT2D eigenvalue weighted by atomic mass is 10.1. The van der Waals surface area contributed by atoms with Crippen LogP contribution in [0.25, 0.3) is 0 Å². The second kappa shape index (κ2) is 10.1. The number of nitrogens with one attached hydrogen (secondary N) is 1. The van der Waals surface area contributed by atoms with E-state index in [9.17, 15) is 9.59 Å². The van der Waals surface area contributed by atoms with Gasteiger partial charge in [0.05, 0.1) is 0 Å². The van der Waals surface area contributed by atoms with Gasteiger partial charge in [0.15, 0.2) is 0 Å². The van der Waals surface area contributed by atoms with Crippen LogP contribution in [-0.2, 0) is 9.59 Å². The van der Waals surface area contributed by atoms with Crippen LogP contribution in [0.15, 0.2) is 0 Å². The van der Waals surface area contributed by atoms with Crippen molar-refractivity contribution in [1.82, 2.24) is 5.32 Å². The molecular weight excluding hydrogens is 218 g/mol. The monoisotopic (exact) mass is 243 g/mol. The van der Waals surface area contributed by atoms with Crippen LogP contribution in [0.5, 0.6) is 0 Å². The quantitative estimate of drug-likeness (QED) is 0.580. The molecule has 0 saturated carbocycles. The highest BCUT2D eigenvalue weighted by atomic mass is 16.4. The molecule has 4 nitrogen and oxygen atoms in total. The van der Waals surface area contributed by atoms with Crippen molar-refractivity contribution in [2.75, 3.05) is 0 Å². The Hall–Kier alpha value is -1.06. The van der Waals surface area contributed by atoms with Crippen molar-refractivity contribution in [3.8, 4) is 0 Å². The topological polar surface area (TPSA) is 66.4 Å². The summed E-state index contributed by atoms with van der Waals surface area (Å²) in [6.07, 6.45) is 7.67. The van der Waals surface area contributed by atoms with E-state index in [4.69, 9.17) is 5.11 Å². The molecule has 0 heterocycles. The third kappa shape index (κ3) is 12.9. The molecule has 0 bridgehead atoms. The number of amides is 1. The number of carboxylic acid groups (broad SMARTS) is 1. The number of rotatable bonds is 10. The maximum Gasteiger partial charge on any atom is 0.303 e. The molecule has 4 heteroatoms. The summed E-state index contributed by atoms with van der Waals surface area (Å²) < 4.78 is 0. The summed E-state index contributed by atoms with van der Waals surface area (Å²) in [4.78, 5) is 21.0. The average molecular weight is 243 g/mol. The Kier molecular flexibility index (Phi) is 9.49. The van der Waals surface area contributed by atoms with Crippen molar-refractivity contribution in [3.05, 3.63) is 0 Å². The normalized spacial score (nSPS) is 12.1. The number of hydrogen-bond acceptors (Lipinski definition) is 2. The molecule has 1 unspecified atom stereocenters. The lowest BCUT2D eigenvalue weighted by molar-refractivity contribution is -0.137. The van der Waals surface area contributed by atoms with E-state index in [-0.39, 0.29) is 11.9 Å². The Balaban J connectivity index is 3.18. The van der Waals surface area contributed by atoms with Gasteiger partial charge in [0, 0.05) is 19.4 Å². The number of hydrogen-bond donors (Lipinski definition) is 2. The summed E-state index contributed by atoms with van der Waals surface area (Å²) in [6, 6.07) is 0.263. The number of carbonyl (C=O) groups excluding carboxylic acids is 1. The first kappa shape index (κ1) is 15.9. The van der Waals surface area contributed by atoms with Gasteiger partial charge in [-0.05, 0) is 19.8 Å². The smallest absolute Gasteiger partial charge is 0.303 e. The molecule has 2 N–H and O–H groups in total. The first-order valence-corrected chi connectivity index (χ1v) is 6.51. The average Bonchev–Trinajstić information content (AvgIpc) is 2.20. The molecule has 0 radical (unpaired) electrons. The van der Waals surface area contributed by atoms with E-state index < -0.39 is 5.97 Å². The number of aliphatic carboxylic acids is 1. The highest BCUT2D eigenvalue weighted by Crippen LogP contribution is 2.09. The standard InChI is InChI=1S/C13H25NO3/c1-11(14-12(2)15)9-7-5-3-4-6-8-10-13(16)17/h11H,3-10H2,1-2H3,(H,14,15)(H,16,17). The highest BCUT2D eigenvalue weighted by molar-refractivity contribution is 5.73. The van der Waals surface area contributed by atoms with Crippen molar-refractivity contribution < 1.29 is 14.7 Å². The number of carboxylic acids is 1. The Morgan fingerprint density at radius 3 is 2.12 bits per heavy atom. The lowest BCUT2D eigenvalue weighted by Crippen LogP contribution is -2.30. The van der Waals surface area contributed by atoms with Crippen LogP contribution in [0.3, 0.4) is 0 Å². The van der Waals surface area contributed by atoms with Gasteiger partial charge in [-0.15, -0.1) is 0 Å². The molecule has 0 spiro atoms. The summed E-state index contributed by atoms with van der Waals surface area (Å²) in [5, 5.41) is 11.3. The van der Waals surface area contributed by atoms with E-state index in [0.717, 1.165) is 44.9 Å². The zero-order valence-electron chi connectivity index (χ0n) is 11.0. The maximum atomic E-state index is 10.8. The van der Waals surface area contributed by atoms with Crippen LogP contribution >= 0.6 is 0 Å². The summed E-state index contributed by atoms with van der Waals surface area (Å²) in [5.74, 6) is -0.666. The van der Waals surface area contributed by atoms with Gasteiger partial charge in [0.25, 0.3) is 0 Å². The zero-order valence-corrected chi connectivity index (χ0v) is 11.0. The van der Waals surface area contributed by atoms with Gasteiger partial charge in [-0.3, -0.25) is 9.59 Å². The minimum atomic E-state index is -0.700. The van der Waals surface area contributed by atoms with Gasteiger partial charge < -0.3 is 10.4 Å². The van der Waals surface area contributed by atoms with Crippen molar-refractivity contribution in [2.45, 2.75) is 71.3 Å². The molecule has 0 aliphatic rings. The van der Waals surface area contributed by atoms with Crippen molar-refractivity contribution in [1.29, 1.82) is 0 Å². The first-order valence-electron chi connectivity index (χ1n) is 6.51. The van der Waals surface area contributed by atoms with Gasteiger partial charge in [-0.2, -0.15) is 0 Å². The Morgan fingerprint density at radius 1 is 1.06 bits per heavy atom. The van der Waals surface area contributed by atoms with Crippen molar-refractivity contribution in [2.24, 2.45) is 0 Å². The molecule has 0 aliphatic heterocycles. The predicted molar refractivity (Wildman–Crippen MR) is 67.9 cm³/mol. The van der Waals surface area contributed by atoms with Gasteiger partial charge in [-0.1, -0.05) is 32.1 Å². The number of carbonyl (C=O) groups is 2. The van der Waals surface area contributed by atoms with E-state index in [1.165, 1.54) is 0 Å². The SMILES string of the molecule is CC(=O)NC(C)CCCCCCCCC(=O)O. The van der Waals surface area contributed by atoms with E-state index in [2.05, 4.69) is 5.32 Å². The highest BCUT2D eigenvalue weighted by Gasteiger charge is 2.02. The summed E-state index contributed by atoms with van der Waals surface area (Å²) in [7, 11) is 0. The van der Waals surface area contributed by atoms with Crippen LogP contribution in [0, 0.1) is 0 Å². The largest absolute Gasteiger partial charge is 0.481 e. The fourth-order valence-electron chi connectivity index (χ4n) is 1.85. The van der Waals surface area contributed by atoms with Gasteiger partial charge >= 0.3 is 5.97 Å². The van der Waals surface area contributed by atoms with Crippen LogP contribution in [0.2, 0.25) is 0 Å². The second-order valence-corrected chi connectivity index (χ2v) is 4.66. The van der Waals surface area contributed by atoms with Crippen molar-refractivity contribution in [3.63, 3.8) is 0 Å². The van der Waals surface area contributed by atoms with Crippen LogP contribution in [0.4, 0.5) is 0 Å². The molecule has 0 aromatic carbocycles. The zero-order chi connectivity index (χ0) is 13.1. The predicted octanol–water partition coefficient (Wildman–Crippen LogP) is 2.72. The van der Waals surface area contributed by atoms with E-state index in [0.29, 0.717) is 6.42 Å². The molecule has 0 fully saturated rings. The summed E-state index contributed by atoms with van der Waals surface area (Å²) in [5.41, 5.74) is 0. The van der Waals surface area contributed by atoms with E-state index >= 15 is 0 Å². The van der Waals surface area contributed by atoms with Crippen LogP contribution in [-0.4, -0.2) is 23.0 Å². The summed E-state index contributed by atoms with van der Waals surface area (Å²) >= 11 is 0. The molecule has 0 aromatic heterocycles.